The predicted octanol–water partition coefficient (Wildman–Crippen LogP) is 2.93. The summed E-state index contributed by atoms with van der Waals surface area (Å²) in [7, 11) is 0. The van der Waals surface area contributed by atoms with E-state index in [1.165, 1.54) is 24.6 Å². The fourth-order valence-electron chi connectivity index (χ4n) is 2.70. The first kappa shape index (κ1) is 14.4. The van der Waals surface area contributed by atoms with Gasteiger partial charge in [-0.15, -0.1) is 0 Å². The lowest BCUT2D eigenvalue weighted by molar-refractivity contribution is 0.135. The number of benzene rings is 1. The van der Waals surface area contributed by atoms with Crippen molar-refractivity contribution in [1.82, 2.24) is 10.2 Å². The summed E-state index contributed by atoms with van der Waals surface area (Å²) in [5.41, 5.74) is 0.200. The molecule has 1 atom stereocenters. The number of nitrogens with zero attached hydrogens (tertiary/aromatic N) is 1. The van der Waals surface area contributed by atoms with Crippen molar-refractivity contribution < 1.29 is 8.78 Å². The van der Waals surface area contributed by atoms with Crippen molar-refractivity contribution in [3.05, 3.63) is 35.4 Å². The summed E-state index contributed by atoms with van der Waals surface area (Å²) < 4.78 is 27.4. The lowest BCUT2D eigenvalue weighted by Gasteiger charge is -2.36. The van der Waals surface area contributed by atoms with Crippen molar-refractivity contribution in [3.8, 4) is 0 Å². The maximum Gasteiger partial charge on any atom is 0.130 e. The van der Waals surface area contributed by atoms with E-state index in [0.717, 1.165) is 32.5 Å². The summed E-state index contributed by atoms with van der Waals surface area (Å²) in [6.45, 7) is 5.19. The second-order valence-corrected chi connectivity index (χ2v) is 5.13. The zero-order valence-electron chi connectivity index (χ0n) is 11.5. The molecule has 0 radical (unpaired) electrons. The van der Waals surface area contributed by atoms with Gasteiger partial charge in [-0.2, -0.15) is 0 Å². The second-order valence-electron chi connectivity index (χ2n) is 5.13. The van der Waals surface area contributed by atoms with E-state index in [1.807, 2.05) is 0 Å². The zero-order valence-corrected chi connectivity index (χ0v) is 11.5. The molecule has 1 aliphatic rings. The molecule has 2 rings (SSSR count). The molecule has 106 valence electrons. The molecule has 0 aromatic heterocycles. The molecular formula is C15H22F2N2. The minimum atomic E-state index is -0.437. The zero-order chi connectivity index (χ0) is 13.7. The number of halogens is 2. The summed E-state index contributed by atoms with van der Waals surface area (Å²) in [5, 5.41) is 3.33. The maximum atomic E-state index is 13.7. The molecule has 1 heterocycles. The Kier molecular flexibility index (Phi) is 5.28. The van der Waals surface area contributed by atoms with E-state index in [9.17, 15) is 8.78 Å². The quantitative estimate of drug-likeness (QED) is 0.883. The van der Waals surface area contributed by atoms with E-state index in [-0.39, 0.29) is 5.56 Å². The summed E-state index contributed by atoms with van der Waals surface area (Å²) in [6.07, 6.45) is 3.41. The van der Waals surface area contributed by atoms with E-state index in [0.29, 0.717) is 12.6 Å². The number of likely N-dealkylation sites (N-methyl/N-ethyl adjacent to an activating group) is 1. The smallest absolute Gasteiger partial charge is 0.130 e. The van der Waals surface area contributed by atoms with Gasteiger partial charge in [0.25, 0.3) is 0 Å². The van der Waals surface area contributed by atoms with E-state index in [4.69, 9.17) is 0 Å². The van der Waals surface area contributed by atoms with Crippen LogP contribution in [-0.2, 0) is 6.54 Å². The lowest BCUT2D eigenvalue weighted by Crippen LogP contribution is -2.45. The third-order valence-corrected chi connectivity index (χ3v) is 3.80. The van der Waals surface area contributed by atoms with E-state index in [2.05, 4.69) is 17.1 Å². The largest absolute Gasteiger partial charge is 0.315 e. The average Bonchev–Trinajstić information content (AvgIpc) is 2.42. The molecule has 0 saturated carbocycles. The molecular weight excluding hydrogens is 246 g/mol. The van der Waals surface area contributed by atoms with Gasteiger partial charge in [0.05, 0.1) is 0 Å². The van der Waals surface area contributed by atoms with E-state index < -0.39 is 11.6 Å². The monoisotopic (exact) mass is 268 g/mol. The Morgan fingerprint density at radius 1 is 1.26 bits per heavy atom. The Morgan fingerprint density at radius 2 is 2.00 bits per heavy atom. The fraction of sp³-hybridized carbons (Fsp3) is 0.600. The number of likely N-dealkylation sites (tertiary alicyclic amines) is 1. The van der Waals surface area contributed by atoms with Gasteiger partial charge in [-0.25, -0.2) is 8.78 Å². The van der Waals surface area contributed by atoms with Gasteiger partial charge < -0.3 is 5.32 Å². The first-order chi connectivity index (χ1) is 9.22. The summed E-state index contributed by atoms with van der Waals surface area (Å²) in [5.74, 6) is -0.874. The molecule has 19 heavy (non-hydrogen) atoms. The van der Waals surface area contributed by atoms with Gasteiger partial charge in [-0.05, 0) is 38.1 Å². The summed E-state index contributed by atoms with van der Waals surface area (Å²) in [6, 6.07) is 4.47. The Hall–Kier alpha value is -1.00. The first-order valence-electron chi connectivity index (χ1n) is 7.10. The number of hydrogen-bond donors (Lipinski definition) is 1. The first-order valence-corrected chi connectivity index (χ1v) is 7.10. The normalized spacial score (nSPS) is 20.7. The van der Waals surface area contributed by atoms with Crippen LogP contribution >= 0.6 is 0 Å². The van der Waals surface area contributed by atoms with Gasteiger partial charge in [0.1, 0.15) is 11.6 Å². The van der Waals surface area contributed by atoms with Gasteiger partial charge in [0.15, 0.2) is 0 Å². The molecule has 0 spiro atoms. The Balaban J connectivity index is 2.06. The lowest BCUT2D eigenvalue weighted by atomic mass is 10.0. The molecule has 1 aromatic rings. The highest BCUT2D eigenvalue weighted by Gasteiger charge is 2.23. The molecule has 1 N–H and O–H groups in total. The van der Waals surface area contributed by atoms with Gasteiger partial charge in [-0.3, -0.25) is 4.90 Å². The molecule has 0 amide bonds. The molecule has 1 unspecified atom stereocenters. The predicted molar refractivity (Wildman–Crippen MR) is 73.0 cm³/mol. The Morgan fingerprint density at radius 3 is 2.68 bits per heavy atom. The third-order valence-electron chi connectivity index (χ3n) is 3.80. The van der Waals surface area contributed by atoms with E-state index >= 15 is 0 Å². The van der Waals surface area contributed by atoms with Crippen LogP contribution in [-0.4, -0.2) is 30.6 Å². The molecule has 4 heteroatoms. The van der Waals surface area contributed by atoms with Gasteiger partial charge in [0, 0.05) is 24.7 Å². The molecule has 1 aliphatic heterocycles. The van der Waals surface area contributed by atoms with Crippen LogP contribution in [0.3, 0.4) is 0 Å². The maximum absolute atomic E-state index is 13.7. The van der Waals surface area contributed by atoms with Gasteiger partial charge in [0.2, 0.25) is 0 Å². The molecule has 1 saturated heterocycles. The SMILES string of the molecule is CCNCC1CCCCN1Cc1c(F)cccc1F. The van der Waals surface area contributed by atoms with Gasteiger partial charge >= 0.3 is 0 Å². The average molecular weight is 268 g/mol. The minimum Gasteiger partial charge on any atom is -0.315 e. The van der Waals surface area contributed by atoms with E-state index in [1.54, 1.807) is 0 Å². The summed E-state index contributed by atoms with van der Waals surface area (Å²) in [4.78, 5) is 2.20. The van der Waals surface area contributed by atoms with Crippen LogP contribution in [0.5, 0.6) is 0 Å². The highest BCUT2D eigenvalue weighted by molar-refractivity contribution is 5.19. The van der Waals surface area contributed by atoms with Gasteiger partial charge in [-0.1, -0.05) is 19.4 Å². The van der Waals surface area contributed by atoms with Crippen LogP contribution in [0.15, 0.2) is 18.2 Å². The number of hydrogen-bond acceptors (Lipinski definition) is 2. The van der Waals surface area contributed by atoms with Crippen molar-refractivity contribution in [3.63, 3.8) is 0 Å². The van der Waals surface area contributed by atoms with Crippen molar-refractivity contribution in [1.29, 1.82) is 0 Å². The molecule has 1 aromatic carbocycles. The summed E-state index contributed by atoms with van der Waals surface area (Å²) >= 11 is 0. The fourth-order valence-corrected chi connectivity index (χ4v) is 2.70. The van der Waals surface area contributed by atoms with Crippen LogP contribution in [0, 0.1) is 11.6 Å². The minimum absolute atomic E-state index is 0.200. The van der Waals surface area contributed by atoms with Crippen LogP contribution in [0.25, 0.3) is 0 Å². The van der Waals surface area contributed by atoms with Crippen molar-refractivity contribution in [2.75, 3.05) is 19.6 Å². The highest BCUT2D eigenvalue weighted by Crippen LogP contribution is 2.22. The van der Waals surface area contributed by atoms with Crippen LogP contribution < -0.4 is 5.32 Å². The third kappa shape index (κ3) is 3.74. The van der Waals surface area contributed by atoms with Crippen LogP contribution in [0.2, 0.25) is 0 Å². The Labute approximate surface area is 113 Å². The van der Waals surface area contributed by atoms with Crippen LogP contribution in [0.4, 0.5) is 8.78 Å². The molecule has 0 aliphatic carbocycles. The Bertz CT molecular complexity index is 389. The van der Waals surface area contributed by atoms with Crippen molar-refractivity contribution in [2.45, 2.75) is 38.8 Å². The molecule has 2 nitrogen and oxygen atoms in total. The molecule has 1 fully saturated rings. The topological polar surface area (TPSA) is 15.3 Å². The van der Waals surface area contributed by atoms with Crippen molar-refractivity contribution in [2.24, 2.45) is 0 Å². The van der Waals surface area contributed by atoms with Crippen molar-refractivity contribution >= 4 is 0 Å². The number of rotatable bonds is 5. The second kappa shape index (κ2) is 6.96. The van der Waals surface area contributed by atoms with Crippen LogP contribution in [0.1, 0.15) is 31.7 Å². The highest BCUT2D eigenvalue weighted by atomic mass is 19.1. The standard InChI is InChI=1S/C15H22F2N2/c1-2-18-10-12-6-3-4-9-19(12)11-13-14(16)7-5-8-15(13)17/h5,7-8,12,18H,2-4,6,9-11H2,1H3. The molecule has 0 bridgehead atoms. The number of nitrogens with one attached hydrogen (secondary N) is 1. The number of piperidine rings is 1.